The van der Waals surface area contributed by atoms with Gasteiger partial charge in [-0.15, -0.1) is 24.0 Å². The van der Waals surface area contributed by atoms with Gasteiger partial charge < -0.3 is 21.1 Å². The first-order valence-corrected chi connectivity index (χ1v) is 10.2. The molecule has 0 spiro atoms. The van der Waals surface area contributed by atoms with Crippen molar-refractivity contribution in [3.8, 4) is 0 Å². The van der Waals surface area contributed by atoms with Gasteiger partial charge in [-0.3, -0.25) is 9.69 Å². The maximum absolute atomic E-state index is 11.4. The van der Waals surface area contributed by atoms with Crippen LogP contribution < -0.4 is 16.4 Å². The summed E-state index contributed by atoms with van der Waals surface area (Å²) in [6, 6.07) is 7.76. The van der Waals surface area contributed by atoms with E-state index in [1.807, 2.05) is 12.1 Å². The highest BCUT2D eigenvalue weighted by Gasteiger charge is 2.22. The Labute approximate surface area is 191 Å². The van der Waals surface area contributed by atoms with Crippen molar-refractivity contribution in [1.29, 1.82) is 0 Å². The molecule has 0 radical (unpaired) electrons. The minimum Gasteiger partial charge on any atom is -0.379 e. The molecule has 1 heterocycles. The number of nitrogens with two attached hydrogens (primary N) is 1. The van der Waals surface area contributed by atoms with Gasteiger partial charge in [-0.1, -0.05) is 26.0 Å². The number of carbonyl (C=O) groups excluding carboxylic acids is 1. The van der Waals surface area contributed by atoms with Gasteiger partial charge in [0.05, 0.1) is 19.8 Å². The molecule has 0 aromatic heterocycles. The number of hydrogen-bond donors (Lipinski definition) is 3. The lowest BCUT2D eigenvalue weighted by molar-refractivity contribution is 0.0132. The highest BCUT2D eigenvalue weighted by Crippen LogP contribution is 2.13. The Kier molecular flexibility index (Phi) is 12.2. The first kappa shape index (κ1) is 25.6. The van der Waals surface area contributed by atoms with Crippen molar-refractivity contribution in [2.75, 3.05) is 39.4 Å². The number of guanidine groups is 1. The van der Waals surface area contributed by atoms with Crippen molar-refractivity contribution in [2.24, 2.45) is 16.6 Å². The normalized spacial score (nSPS) is 16.2. The summed E-state index contributed by atoms with van der Waals surface area (Å²) in [5.74, 6) is 0.998. The number of ether oxygens (including phenoxy) is 1. The van der Waals surface area contributed by atoms with Crippen LogP contribution in [0, 0.1) is 5.92 Å². The summed E-state index contributed by atoms with van der Waals surface area (Å²) in [6.45, 7) is 12.3. The van der Waals surface area contributed by atoms with Crippen LogP contribution in [0.3, 0.4) is 0 Å². The fourth-order valence-electron chi connectivity index (χ4n) is 3.40. The van der Waals surface area contributed by atoms with Gasteiger partial charge in [0.1, 0.15) is 0 Å². The number of aliphatic imine (C=N–C) groups is 1. The zero-order valence-electron chi connectivity index (χ0n) is 17.8. The quantitative estimate of drug-likeness (QED) is 0.266. The van der Waals surface area contributed by atoms with E-state index < -0.39 is 5.91 Å². The van der Waals surface area contributed by atoms with E-state index in [2.05, 4.69) is 41.3 Å². The van der Waals surface area contributed by atoms with Gasteiger partial charge in [-0.25, -0.2) is 4.99 Å². The largest absolute Gasteiger partial charge is 0.379 e. The molecule has 1 fully saturated rings. The number of rotatable bonds is 9. The molecular formula is C21H36IN5O2. The lowest BCUT2D eigenvalue weighted by atomic mass is 10.0. The van der Waals surface area contributed by atoms with Gasteiger partial charge in [0.2, 0.25) is 5.91 Å². The van der Waals surface area contributed by atoms with Crippen LogP contribution in [0.15, 0.2) is 29.3 Å². The number of halogens is 1. The van der Waals surface area contributed by atoms with E-state index in [0.29, 0.717) is 24.1 Å². The van der Waals surface area contributed by atoms with Crippen LogP contribution in [-0.4, -0.2) is 62.2 Å². The summed E-state index contributed by atoms with van der Waals surface area (Å²) in [7, 11) is 0. The molecule has 0 aliphatic carbocycles. The number of morpholine rings is 1. The molecule has 1 unspecified atom stereocenters. The number of amides is 1. The maximum atomic E-state index is 11.4. The predicted octanol–water partition coefficient (Wildman–Crippen LogP) is 2.21. The van der Waals surface area contributed by atoms with E-state index in [4.69, 9.17) is 10.5 Å². The Balaban J connectivity index is 0.00000420. The molecule has 1 atom stereocenters. The fourth-order valence-corrected chi connectivity index (χ4v) is 3.40. The van der Waals surface area contributed by atoms with E-state index in [-0.39, 0.29) is 24.0 Å². The lowest BCUT2D eigenvalue weighted by Crippen LogP contribution is -2.51. The van der Waals surface area contributed by atoms with Gasteiger partial charge in [0, 0.05) is 37.8 Å². The van der Waals surface area contributed by atoms with Gasteiger partial charge in [0.15, 0.2) is 5.96 Å². The van der Waals surface area contributed by atoms with Crippen molar-refractivity contribution in [3.63, 3.8) is 0 Å². The molecule has 7 nitrogen and oxygen atoms in total. The minimum absolute atomic E-state index is 0. The van der Waals surface area contributed by atoms with Crippen molar-refractivity contribution < 1.29 is 9.53 Å². The molecule has 8 heteroatoms. The Bertz CT molecular complexity index is 648. The van der Waals surface area contributed by atoms with Crippen molar-refractivity contribution in [1.82, 2.24) is 15.5 Å². The Hall–Kier alpha value is -1.39. The summed E-state index contributed by atoms with van der Waals surface area (Å²) in [6.07, 6.45) is 1.13. The van der Waals surface area contributed by atoms with E-state index in [1.54, 1.807) is 12.1 Å². The van der Waals surface area contributed by atoms with Crippen molar-refractivity contribution in [2.45, 2.75) is 39.8 Å². The third kappa shape index (κ3) is 9.31. The van der Waals surface area contributed by atoms with Crippen LogP contribution in [0.1, 0.15) is 43.1 Å². The summed E-state index contributed by atoms with van der Waals surface area (Å²) < 4.78 is 5.50. The smallest absolute Gasteiger partial charge is 0.248 e. The maximum Gasteiger partial charge on any atom is 0.248 e. The average molecular weight is 517 g/mol. The number of hydrogen-bond acceptors (Lipinski definition) is 4. The standard InChI is InChI=1S/C21H35N5O2.HI/c1-4-23-21(24-14-17-6-5-7-18(13-17)20(22)27)25-15-19(12-16(2)3)26-8-10-28-11-9-26;/h5-7,13,16,19H,4,8-12,14-15H2,1-3H3,(H2,22,27)(H2,23,24,25);1H. The second-order valence-electron chi connectivity index (χ2n) is 7.57. The Morgan fingerprint density at radius 2 is 2.00 bits per heavy atom. The number of nitrogens with zero attached hydrogens (tertiary/aromatic N) is 2. The molecule has 0 saturated carbocycles. The third-order valence-electron chi connectivity index (χ3n) is 4.79. The minimum atomic E-state index is -0.419. The molecule has 1 saturated heterocycles. The van der Waals surface area contributed by atoms with Crippen molar-refractivity contribution in [3.05, 3.63) is 35.4 Å². The van der Waals surface area contributed by atoms with Gasteiger partial charge in [-0.2, -0.15) is 0 Å². The number of primary amides is 1. The first-order chi connectivity index (χ1) is 13.5. The monoisotopic (exact) mass is 517 g/mol. The summed E-state index contributed by atoms with van der Waals surface area (Å²) in [5, 5.41) is 6.80. The van der Waals surface area contributed by atoms with Crippen LogP contribution >= 0.6 is 24.0 Å². The van der Waals surface area contributed by atoms with E-state index >= 15 is 0 Å². The van der Waals surface area contributed by atoms with Crippen LogP contribution in [-0.2, 0) is 11.3 Å². The molecule has 1 aliphatic heterocycles. The first-order valence-electron chi connectivity index (χ1n) is 10.2. The summed E-state index contributed by atoms with van der Waals surface area (Å²) in [5.41, 5.74) is 6.83. The van der Waals surface area contributed by atoms with Crippen LogP contribution in [0.2, 0.25) is 0 Å². The number of carbonyl (C=O) groups is 1. The summed E-state index contributed by atoms with van der Waals surface area (Å²) >= 11 is 0. The zero-order valence-corrected chi connectivity index (χ0v) is 20.1. The molecule has 164 valence electrons. The fraction of sp³-hybridized carbons (Fsp3) is 0.619. The zero-order chi connectivity index (χ0) is 20.4. The van der Waals surface area contributed by atoms with E-state index in [9.17, 15) is 4.79 Å². The Morgan fingerprint density at radius 3 is 2.62 bits per heavy atom. The SMILES string of the molecule is CCNC(=NCc1cccc(C(N)=O)c1)NCC(CC(C)C)N1CCOCC1.I. The van der Waals surface area contributed by atoms with Crippen molar-refractivity contribution >= 4 is 35.8 Å². The van der Waals surface area contributed by atoms with E-state index in [1.165, 1.54) is 0 Å². The van der Waals surface area contributed by atoms with Gasteiger partial charge in [-0.05, 0) is 37.0 Å². The van der Waals surface area contributed by atoms with Crippen LogP contribution in [0.4, 0.5) is 0 Å². The molecule has 1 amide bonds. The molecule has 29 heavy (non-hydrogen) atoms. The molecule has 2 rings (SSSR count). The second kappa shape index (κ2) is 13.8. The summed E-state index contributed by atoms with van der Waals surface area (Å²) in [4.78, 5) is 18.5. The van der Waals surface area contributed by atoms with E-state index in [0.717, 1.165) is 57.3 Å². The molecule has 1 aromatic carbocycles. The molecule has 1 aromatic rings. The molecular weight excluding hydrogens is 481 g/mol. The predicted molar refractivity (Wildman–Crippen MR) is 129 cm³/mol. The Morgan fingerprint density at radius 1 is 1.28 bits per heavy atom. The number of nitrogens with one attached hydrogen (secondary N) is 2. The van der Waals surface area contributed by atoms with Gasteiger partial charge in [0.25, 0.3) is 0 Å². The average Bonchev–Trinajstić information content (AvgIpc) is 2.69. The third-order valence-corrected chi connectivity index (χ3v) is 4.79. The highest BCUT2D eigenvalue weighted by atomic mass is 127. The lowest BCUT2D eigenvalue weighted by Gasteiger charge is -2.35. The topological polar surface area (TPSA) is 92.0 Å². The van der Waals surface area contributed by atoms with Crippen LogP contribution in [0.25, 0.3) is 0 Å². The molecule has 0 bridgehead atoms. The second-order valence-corrected chi connectivity index (χ2v) is 7.57. The highest BCUT2D eigenvalue weighted by molar-refractivity contribution is 14.0. The number of benzene rings is 1. The van der Waals surface area contributed by atoms with Crippen LogP contribution in [0.5, 0.6) is 0 Å². The molecule has 1 aliphatic rings. The van der Waals surface area contributed by atoms with Gasteiger partial charge >= 0.3 is 0 Å². The molecule has 4 N–H and O–H groups in total.